The van der Waals surface area contributed by atoms with E-state index in [0.29, 0.717) is 0 Å². The van der Waals surface area contributed by atoms with E-state index >= 15 is 0 Å². The summed E-state index contributed by atoms with van der Waals surface area (Å²) in [5, 5.41) is 14.0. The molecule has 0 fully saturated rings. The summed E-state index contributed by atoms with van der Waals surface area (Å²) in [4.78, 5) is 17.3. The molecule has 0 saturated heterocycles. The van der Waals surface area contributed by atoms with Crippen molar-refractivity contribution in [2.75, 3.05) is 0 Å². The Morgan fingerprint density at radius 2 is 0.703 bits per heavy atom. The molecule has 0 aliphatic carbocycles. The zero-order valence-corrected chi connectivity index (χ0v) is 31.4. The van der Waals surface area contributed by atoms with Gasteiger partial charge in [-0.15, -0.1) is 0 Å². The second-order valence-corrected chi connectivity index (χ2v) is 26.7. The van der Waals surface area contributed by atoms with Gasteiger partial charge in [-0.3, -0.25) is 9.08 Å². The molecule has 0 aromatic carbocycles. The van der Waals surface area contributed by atoms with Crippen LogP contribution in [0.3, 0.4) is 0 Å². The summed E-state index contributed by atoms with van der Waals surface area (Å²) in [5.41, 5.74) is -0.272. The Kier molecular flexibility index (Phi) is 23.1. The van der Waals surface area contributed by atoms with Gasteiger partial charge in [0.15, 0.2) is 7.29 Å². The largest absolute Gasteiger partial charge is 4.00 e. The van der Waals surface area contributed by atoms with Crippen LogP contribution in [0.4, 0.5) is 0 Å². The summed E-state index contributed by atoms with van der Waals surface area (Å²) in [6.07, 6.45) is 0. The van der Waals surface area contributed by atoms with Crippen LogP contribution >= 0.6 is 29.2 Å². The Morgan fingerprint density at radius 1 is 0.486 bits per heavy atom. The molecule has 0 aromatic heterocycles. The van der Waals surface area contributed by atoms with Crippen LogP contribution in [0.2, 0.25) is 0 Å². The molecule has 0 N–H and O–H groups in total. The number of nitrogens with zero attached hydrogens (tertiary/aromatic N) is 2. The van der Waals surface area contributed by atoms with Gasteiger partial charge < -0.3 is 29.4 Å². The van der Waals surface area contributed by atoms with Gasteiger partial charge in [0.05, 0.1) is 0 Å². The van der Waals surface area contributed by atoms with Crippen molar-refractivity contribution in [3.05, 3.63) is 4.86 Å². The first-order valence-electron chi connectivity index (χ1n) is 13.0. The fourth-order valence-electron chi connectivity index (χ4n) is 3.65. The molecule has 0 saturated carbocycles. The average Bonchev–Trinajstić information content (AvgIpc) is 2.73. The first-order chi connectivity index (χ1) is 16.0. The number of hydrogen-bond donors (Lipinski definition) is 0. The molecule has 0 rings (SSSR count). The van der Waals surface area contributed by atoms with Gasteiger partial charge >= 0.3 is 21.7 Å². The Bertz CT molecular complexity index is 748. The Labute approximate surface area is 244 Å². The monoisotopic (exact) mass is 640 g/mol. The van der Waals surface area contributed by atoms with Crippen molar-refractivity contribution in [3.8, 4) is 0 Å². The molecule has 37 heavy (non-hydrogen) atoms. The molecule has 8 nitrogen and oxygen atoms in total. The van der Waals surface area contributed by atoms with E-state index in [0.717, 1.165) is 0 Å². The summed E-state index contributed by atoms with van der Waals surface area (Å²) in [6, 6.07) is 0. The molecule has 222 valence electrons. The third-order valence-electron chi connectivity index (χ3n) is 6.48. The van der Waals surface area contributed by atoms with Crippen LogP contribution in [-0.2, 0) is 35.4 Å². The van der Waals surface area contributed by atoms with Crippen molar-refractivity contribution in [2.24, 2.45) is 4.52 Å². The zero-order chi connectivity index (χ0) is 30.0. The summed E-state index contributed by atoms with van der Waals surface area (Å²) >= 11 is 0. The minimum absolute atomic E-state index is 0. The van der Waals surface area contributed by atoms with Gasteiger partial charge in [-0.1, -0.05) is 118 Å². The van der Waals surface area contributed by atoms with E-state index in [4.69, 9.17) is 10.5 Å². The molecular formula is C24H56N2O6P4Ti. The summed E-state index contributed by atoms with van der Waals surface area (Å²) in [7, 11) is -10.9. The van der Waals surface area contributed by atoms with Crippen LogP contribution in [0.15, 0.2) is 4.52 Å². The van der Waals surface area contributed by atoms with Gasteiger partial charge in [0.2, 0.25) is 0 Å². The minimum atomic E-state index is -2.73. The SMILES string of the molecule is CC(C)P(=O)(N=P([O-])(C(C)C)C(C)C)C(C)C.CC(C)P(=O)([N-]P(=O)(C(C)C)C(C)C)C(C)C.[O-][O-].[Ti+4]. The predicted molar refractivity (Wildman–Crippen MR) is 157 cm³/mol. The first kappa shape index (κ1) is 45.5. The van der Waals surface area contributed by atoms with Crippen LogP contribution in [0.1, 0.15) is 111 Å². The molecule has 0 aliphatic rings. The number of hydrogen-bond acceptors (Lipinski definition) is 6. The van der Waals surface area contributed by atoms with Crippen molar-refractivity contribution >= 4 is 29.2 Å². The van der Waals surface area contributed by atoms with Gasteiger partial charge in [-0.2, -0.15) is 0 Å². The second kappa shape index (κ2) is 18.8. The maximum Gasteiger partial charge on any atom is 4.00 e. The maximum atomic E-state index is 12.9. The Hall–Kier alpha value is 1.47. The third-order valence-corrected chi connectivity index (χ3v) is 22.8. The van der Waals surface area contributed by atoms with Crippen molar-refractivity contribution < 1.29 is 50.8 Å². The summed E-state index contributed by atoms with van der Waals surface area (Å²) < 4.78 is 43.1. The van der Waals surface area contributed by atoms with E-state index in [1.54, 1.807) is 0 Å². The molecule has 0 unspecified atom stereocenters. The number of rotatable bonds is 11. The van der Waals surface area contributed by atoms with Crippen molar-refractivity contribution in [1.82, 2.24) is 0 Å². The summed E-state index contributed by atoms with van der Waals surface area (Å²) in [6.45, 7) is 30.6. The van der Waals surface area contributed by atoms with Crippen molar-refractivity contribution in [1.29, 1.82) is 0 Å². The van der Waals surface area contributed by atoms with E-state index < -0.39 is 29.2 Å². The van der Waals surface area contributed by atoms with E-state index in [2.05, 4.69) is 9.37 Å². The second-order valence-electron chi connectivity index (χ2n) is 11.6. The Morgan fingerprint density at radius 3 is 0.838 bits per heavy atom. The van der Waals surface area contributed by atoms with Crippen molar-refractivity contribution in [2.45, 2.75) is 156 Å². The van der Waals surface area contributed by atoms with Gasteiger partial charge in [-0.05, 0) is 34.0 Å². The Balaban J connectivity index is -0.000000269. The topological polar surface area (TPSA) is 147 Å². The van der Waals surface area contributed by atoms with Crippen LogP contribution in [0.25, 0.3) is 4.86 Å². The minimum Gasteiger partial charge on any atom is -1.00 e. The van der Waals surface area contributed by atoms with E-state index in [9.17, 15) is 18.6 Å². The van der Waals surface area contributed by atoms with Crippen molar-refractivity contribution in [3.63, 3.8) is 0 Å². The molecule has 0 aliphatic heterocycles. The van der Waals surface area contributed by atoms with Gasteiger partial charge in [0, 0.05) is 25.9 Å². The predicted octanol–water partition coefficient (Wildman–Crippen LogP) is 7.54. The molecule has 13 heteroatoms. The van der Waals surface area contributed by atoms with Crippen LogP contribution in [-0.4, -0.2) is 45.3 Å². The molecule has 0 spiro atoms. The quantitative estimate of drug-likeness (QED) is 0.0986. The van der Waals surface area contributed by atoms with Crippen LogP contribution in [0.5, 0.6) is 0 Å². The molecule has 0 heterocycles. The fraction of sp³-hybridized carbons (Fsp3) is 1.00. The van der Waals surface area contributed by atoms with E-state index in [-0.39, 0.29) is 67.0 Å². The van der Waals surface area contributed by atoms with Gasteiger partial charge in [0.25, 0.3) is 0 Å². The molecule has 0 atom stereocenters. The smallest absolute Gasteiger partial charge is 1.00 e. The van der Waals surface area contributed by atoms with Gasteiger partial charge in [-0.25, -0.2) is 0 Å². The van der Waals surface area contributed by atoms with E-state index in [1.165, 1.54) is 0 Å². The molecule has 0 amide bonds. The molecule has 0 aromatic rings. The van der Waals surface area contributed by atoms with E-state index in [1.807, 2.05) is 111 Å². The molecular weight excluding hydrogens is 584 g/mol. The van der Waals surface area contributed by atoms with Crippen LogP contribution < -0.4 is 15.4 Å². The standard InChI is InChI=1S/2C12H28NO2P2.O2.Ti/c2*1-9(2)16(14,10(3)4)13-17(15,11(5)6)12(7)8;1-2;/h2*9-12H,1-8H3;;/q2*-1;-2;+4. The normalized spacial score (nSPS) is 13.3. The zero-order valence-electron chi connectivity index (χ0n) is 26.3. The first-order valence-corrected chi connectivity index (χ1v) is 20.2. The van der Waals surface area contributed by atoms with Gasteiger partial charge in [0.1, 0.15) is 0 Å². The third kappa shape index (κ3) is 12.5. The fourth-order valence-corrected chi connectivity index (χ4v) is 18.5. The maximum absolute atomic E-state index is 12.9. The van der Waals surface area contributed by atoms with Crippen LogP contribution in [0, 0.1) is 0 Å². The summed E-state index contributed by atoms with van der Waals surface area (Å²) in [5.74, 6) is 0. The molecule has 0 bridgehead atoms. The average molecular weight is 640 g/mol. The molecule has 0 radical (unpaired) electrons.